The Labute approximate surface area is 138 Å². The lowest BCUT2D eigenvalue weighted by Gasteiger charge is -2.36. The first-order chi connectivity index (χ1) is 11.7. The van der Waals surface area contributed by atoms with Gasteiger partial charge in [0.1, 0.15) is 0 Å². The number of pyridine rings is 2. The molecule has 1 saturated heterocycles. The molecule has 1 amide bonds. The maximum absolute atomic E-state index is 13.2. The molecule has 6 heteroatoms. The third-order valence-corrected chi connectivity index (χ3v) is 4.66. The van der Waals surface area contributed by atoms with E-state index in [1.807, 2.05) is 23.2 Å². The summed E-state index contributed by atoms with van der Waals surface area (Å²) in [6.07, 6.45) is 9.85. The summed E-state index contributed by atoms with van der Waals surface area (Å²) in [5.74, 6) is -0.0106. The zero-order chi connectivity index (χ0) is 16.5. The summed E-state index contributed by atoms with van der Waals surface area (Å²) in [6, 6.07) is 5.21. The van der Waals surface area contributed by atoms with E-state index in [0.29, 0.717) is 12.1 Å². The molecule has 0 saturated carbocycles. The zero-order valence-electron chi connectivity index (χ0n) is 13.2. The molecule has 0 aliphatic carbocycles. The minimum atomic E-state index is -0.131. The van der Waals surface area contributed by atoms with Crippen LogP contribution in [-0.2, 0) is 0 Å². The number of nitrogens with one attached hydrogen (secondary N) is 2. The van der Waals surface area contributed by atoms with Crippen molar-refractivity contribution in [1.82, 2.24) is 19.9 Å². The Kier molecular flexibility index (Phi) is 3.65. The molecule has 0 radical (unpaired) electrons. The molecule has 122 valence electrons. The minimum absolute atomic E-state index is 0.0106. The average Bonchev–Trinajstić information content (AvgIpc) is 3.10. The smallest absolute Gasteiger partial charge is 0.256 e. The van der Waals surface area contributed by atoms with Crippen LogP contribution in [0.3, 0.4) is 0 Å². The van der Waals surface area contributed by atoms with E-state index in [1.165, 1.54) is 6.07 Å². The average molecular weight is 322 g/mol. The van der Waals surface area contributed by atoms with Gasteiger partial charge in [0.25, 0.3) is 5.91 Å². The van der Waals surface area contributed by atoms with Crippen molar-refractivity contribution in [2.45, 2.75) is 25.3 Å². The molecule has 1 aliphatic rings. The Bertz CT molecular complexity index is 923. The molecular formula is C18H18N4O2. The van der Waals surface area contributed by atoms with E-state index in [4.69, 9.17) is 0 Å². The van der Waals surface area contributed by atoms with Crippen molar-refractivity contribution in [3.05, 3.63) is 64.5 Å². The van der Waals surface area contributed by atoms with Gasteiger partial charge in [-0.05, 0) is 30.9 Å². The van der Waals surface area contributed by atoms with E-state index in [2.05, 4.69) is 15.0 Å². The fraction of sp³-hybridized carbons (Fsp3) is 0.278. The summed E-state index contributed by atoms with van der Waals surface area (Å²) in [5.41, 5.74) is 2.31. The standard InChI is InChI=1S/C18H18N4O2/c23-17-5-4-12(9-21-17)16-3-1-2-8-22(16)18(24)14-10-19-11-15-13(14)6-7-20-15/h4-7,9-11,16,20H,1-3,8H2,(H,21,23). The van der Waals surface area contributed by atoms with E-state index in [1.54, 1.807) is 18.6 Å². The number of aromatic amines is 2. The molecule has 1 unspecified atom stereocenters. The molecule has 0 spiro atoms. The monoisotopic (exact) mass is 322 g/mol. The molecule has 0 aromatic carbocycles. The van der Waals surface area contributed by atoms with Crippen molar-refractivity contribution in [3.63, 3.8) is 0 Å². The first-order valence-electron chi connectivity index (χ1n) is 8.15. The largest absolute Gasteiger partial charge is 0.360 e. The number of fused-ring (bicyclic) bond motifs is 1. The van der Waals surface area contributed by atoms with Crippen LogP contribution in [0.4, 0.5) is 0 Å². The maximum atomic E-state index is 13.2. The van der Waals surface area contributed by atoms with Gasteiger partial charge in [-0.1, -0.05) is 6.07 Å². The number of amides is 1. The second-order valence-corrected chi connectivity index (χ2v) is 6.12. The molecule has 6 nitrogen and oxygen atoms in total. The van der Waals surface area contributed by atoms with Gasteiger partial charge in [-0.2, -0.15) is 0 Å². The van der Waals surface area contributed by atoms with Gasteiger partial charge >= 0.3 is 0 Å². The van der Waals surface area contributed by atoms with Gasteiger partial charge in [-0.3, -0.25) is 14.6 Å². The second kappa shape index (κ2) is 5.96. The van der Waals surface area contributed by atoms with Crippen LogP contribution in [0.1, 0.15) is 41.2 Å². The van der Waals surface area contributed by atoms with Crippen molar-refractivity contribution in [3.8, 4) is 0 Å². The number of likely N-dealkylation sites (tertiary alicyclic amines) is 1. The molecule has 1 fully saturated rings. The summed E-state index contributed by atoms with van der Waals surface area (Å²) in [5, 5.41) is 0.890. The van der Waals surface area contributed by atoms with Crippen LogP contribution < -0.4 is 5.56 Å². The topological polar surface area (TPSA) is 81.8 Å². The van der Waals surface area contributed by atoms with Crippen molar-refractivity contribution in [1.29, 1.82) is 0 Å². The van der Waals surface area contributed by atoms with Crippen molar-refractivity contribution in [2.24, 2.45) is 0 Å². The van der Waals surface area contributed by atoms with Crippen LogP contribution in [0.5, 0.6) is 0 Å². The molecule has 2 N–H and O–H groups in total. The van der Waals surface area contributed by atoms with Crippen LogP contribution in [0.25, 0.3) is 10.9 Å². The molecule has 3 aromatic heterocycles. The molecular weight excluding hydrogens is 304 g/mol. The first kappa shape index (κ1) is 14.7. The van der Waals surface area contributed by atoms with Crippen LogP contribution in [0, 0.1) is 0 Å². The highest BCUT2D eigenvalue weighted by Crippen LogP contribution is 2.32. The normalized spacial score (nSPS) is 18.0. The van der Waals surface area contributed by atoms with Gasteiger partial charge in [0.05, 0.1) is 23.3 Å². The highest BCUT2D eigenvalue weighted by atomic mass is 16.2. The van der Waals surface area contributed by atoms with Crippen molar-refractivity contribution >= 4 is 16.8 Å². The van der Waals surface area contributed by atoms with Crippen LogP contribution >= 0.6 is 0 Å². The molecule has 24 heavy (non-hydrogen) atoms. The summed E-state index contributed by atoms with van der Waals surface area (Å²) in [7, 11) is 0. The Morgan fingerprint density at radius 3 is 2.92 bits per heavy atom. The number of piperidine rings is 1. The number of rotatable bonds is 2. The van der Waals surface area contributed by atoms with E-state index in [9.17, 15) is 9.59 Å². The Morgan fingerprint density at radius 2 is 2.08 bits per heavy atom. The lowest BCUT2D eigenvalue weighted by molar-refractivity contribution is 0.0613. The van der Waals surface area contributed by atoms with E-state index < -0.39 is 0 Å². The fourth-order valence-electron chi connectivity index (χ4n) is 3.46. The molecule has 4 heterocycles. The fourth-order valence-corrected chi connectivity index (χ4v) is 3.46. The number of hydrogen-bond acceptors (Lipinski definition) is 3. The number of carbonyl (C=O) groups excluding carboxylic acids is 1. The van der Waals surface area contributed by atoms with Gasteiger partial charge in [-0.25, -0.2) is 0 Å². The highest BCUT2D eigenvalue weighted by Gasteiger charge is 2.29. The SMILES string of the molecule is O=C(c1cncc2[nH]ccc12)N1CCCCC1c1ccc(=O)[nH]c1. The summed E-state index contributed by atoms with van der Waals surface area (Å²) < 4.78 is 0. The third kappa shape index (κ3) is 2.50. The van der Waals surface area contributed by atoms with Gasteiger partial charge in [0.2, 0.25) is 5.56 Å². The van der Waals surface area contributed by atoms with Gasteiger partial charge in [0, 0.05) is 36.6 Å². The first-order valence-corrected chi connectivity index (χ1v) is 8.15. The lowest BCUT2D eigenvalue weighted by atomic mass is 9.95. The molecule has 1 aliphatic heterocycles. The maximum Gasteiger partial charge on any atom is 0.256 e. The van der Waals surface area contributed by atoms with Crippen molar-refractivity contribution < 1.29 is 4.79 Å². The Morgan fingerprint density at radius 1 is 1.17 bits per heavy atom. The quantitative estimate of drug-likeness (QED) is 0.761. The van der Waals surface area contributed by atoms with E-state index >= 15 is 0 Å². The molecule has 1 atom stereocenters. The molecule has 0 bridgehead atoms. The van der Waals surface area contributed by atoms with Crippen LogP contribution in [-0.4, -0.2) is 32.3 Å². The second-order valence-electron chi connectivity index (χ2n) is 6.12. The van der Waals surface area contributed by atoms with Gasteiger partial charge in [0.15, 0.2) is 0 Å². The summed E-state index contributed by atoms with van der Waals surface area (Å²) >= 11 is 0. The minimum Gasteiger partial charge on any atom is -0.360 e. The number of H-pyrrole nitrogens is 2. The zero-order valence-corrected chi connectivity index (χ0v) is 13.2. The number of hydrogen-bond donors (Lipinski definition) is 2. The predicted molar refractivity (Wildman–Crippen MR) is 90.8 cm³/mol. The summed E-state index contributed by atoms with van der Waals surface area (Å²) in [4.78, 5) is 36.4. The third-order valence-electron chi connectivity index (χ3n) is 4.66. The van der Waals surface area contributed by atoms with Crippen LogP contribution in [0.15, 0.2) is 47.8 Å². The molecule has 3 aromatic rings. The van der Waals surface area contributed by atoms with Gasteiger partial charge in [-0.15, -0.1) is 0 Å². The predicted octanol–water partition coefficient (Wildman–Crippen LogP) is 2.62. The van der Waals surface area contributed by atoms with Gasteiger partial charge < -0.3 is 14.9 Å². The van der Waals surface area contributed by atoms with Crippen molar-refractivity contribution in [2.75, 3.05) is 6.54 Å². The Hall–Kier alpha value is -2.89. The Balaban J connectivity index is 1.72. The summed E-state index contributed by atoms with van der Waals surface area (Å²) in [6.45, 7) is 0.712. The molecule has 4 rings (SSSR count). The number of carbonyl (C=O) groups is 1. The van der Waals surface area contributed by atoms with E-state index in [-0.39, 0.29) is 17.5 Å². The van der Waals surface area contributed by atoms with E-state index in [0.717, 1.165) is 35.7 Å². The lowest BCUT2D eigenvalue weighted by Crippen LogP contribution is -2.38. The number of nitrogens with zero attached hydrogens (tertiary/aromatic N) is 2. The number of aromatic nitrogens is 3. The highest BCUT2D eigenvalue weighted by molar-refractivity contribution is 6.06. The van der Waals surface area contributed by atoms with Crippen LogP contribution in [0.2, 0.25) is 0 Å².